The van der Waals surface area contributed by atoms with E-state index in [-0.39, 0.29) is 17.1 Å². The second-order valence-electron chi connectivity index (χ2n) is 9.38. The zero-order valence-corrected chi connectivity index (χ0v) is 19.4. The third-order valence-electron chi connectivity index (χ3n) is 6.15. The Labute approximate surface area is 190 Å². The average Bonchev–Trinajstić information content (AvgIpc) is 2.90. The van der Waals surface area contributed by atoms with E-state index in [2.05, 4.69) is 26.1 Å². The first kappa shape index (κ1) is 22.1. The molecule has 0 aromatic heterocycles. The first-order chi connectivity index (χ1) is 15.4. The quantitative estimate of drug-likeness (QED) is 0.627. The molecule has 168 valence electrons. The second kappa shape index (κ2) is 8.81. The topological polar surface area (TPSA) is 58.6 Å². The molecule has 0 unspecified atom stereocenters. The number of benzene rings is 2. The molecule has 0 fully saturated rings. The number of anilines is 2. The number of hydrogen-bond acceptors (Lipinski definition) is 4. The Kier molecular flexibility index (Phi) is 6.09. The fourth-order valence-electron chi connectivity index (χ4n) is 4.78. The van der Waals surface area contributed by atoms with Crippen LogP contribution in [0.5, 0.6) is 5.75 Å². The molecule has 1 aliphatic carbocycles. The first-order valence-corrected chi connectivity index (χ1v) is 11.5. The average molecular weight is 433 g/mol. The molecule has 0 saturated heterocycles. The Morgan fingerprint density at radius 3 is 2.56 bits per heavy atom. The number of carbonyl (C=O) groups excluding carboxylic acids is 2. The van der Waals surface area contributed by atoms with Crippen LogP contribution in [0.4, 0.5) is 11.4 Å². The van der Waals surface area contributed by atoms with Crippen molar-refractivity contribution in [2.24, 2.45) is 5.41 Å². The van der Waals surface area contributed by atoms with E-state index in [1.165, 1.54) is 0 Å². The zero-order valence-electron chi connectivity index (χ0n) is 19.4. The summed E-state index contributed by atoms with van der Waals surface area (Å²) in [6.45, 7) is 8.74. The highest BCUT2D eigenvalue weighted by Gasteiger charge is 2.43. The lowest BCUT2D eigenvalue weighted by Gasteiger charge is -2.37. The minimum absolute atomic E-state index is 0.0269. The van der Waals surface area contributed by atoms with Crippen LogP contribution in [0.3, 0.4) is 0 Å². The number of fused-ring (bicyclic) bond motifs is 1. The van der Waals surface area contributed by atoms with E-state index in [0.29, 0.717) is 25.0 Å². The molecule has 2 aromatic rings. The molecule has 5 nitrogen and oxygen atoms in total. The van der Waals surface area contributed by atoms with Crippen molar-refractivity contribution in [2.75, 3.05) is 16.8 Å². The van der Waals surface area contributed by atoms with Gasteiger partial charge in [-0.1, -0.05) is 58.0 Å². The standard InChI is InChI=1S/C27H32N2O3/c1-5-15-32-23-14-10-7-11-18(23)26-25-20(16-27(3,4)17-22(25)30)28-19-12-8-9-13-21(19)29(26)24(31)6-2/h7-14,26,28H,5-6,15-17H2,1-4H3/t26-/m1/s1. The lowest BCUT2D eigenvalue weighted by Crippen LogP contribution is -2.39. The number of amides is 1. The molecule has 32 heavy (non-hydrogen) atoms. The van der Waals surface area contributed by atoms with Crippen LogP contribution in [0, 0.1) is 5.41 Å². The number of para-hydroxylation sites is 3. The van der Waals surface area contributed by atoms with Crippen LogP contribution in [-0.4, -0.2) is 18.3 Å². The molecule has 1 N–H and O–H groups in total. The van der Waals surface area contributed by atoms with Gasteiger partial charge < -0.3 is 10.1 Å². The molecule has 0 spiro atoms. The second-order valence-corrected chi connectivity index (χ2v) is 9.38. The number of Topliss-reactive ketones (excluding diaryl/α,β-unsaturated/α-hetero) is 1. The van der Waals surface area contributed by atoms with Gasteiger partial charge in [0.2, 0.25) is 5.91 Å². The maximum absolute atomic E-state index is 13.6. The predicted octanol–water partition coefficient (Wildman–Crippen LogP) is 6.03. The highest BCUT2D eigenvalue weighted by atomic mass is 16.5. The molecule has 0 saturated carbocycles. The molecule has 4 rings (SSSR count). The summed E-state index contributed by atoms with van der Waals surface area (Å²) >= 11 is 0. The summed E-state index contributed by atoms with van der Waals surface area (Å²) in [5.41, 5.74) is 3.92. The minimum atomic E-state index is -0.537. The first-order valence-electron chi connectivity index (χ1n) is 11.5. The van der Waals surface area contributed by atoms with Crippen LogP contribution in [0.2, 0.25) is 0 Å². The third-order valence-corrected chi connectivity index (χ3v) is 6.15. The Morgan fingerprint density at radius 2 is 1.81 bits per heavy atom. The van der Waals surface area contributed by atoms with E-state index in [0.717, 1.165) is 41.2 Å². The Hall–Kier alpha value is -3.08. The van der Waals surface area contributed by atoms with Crippen LogP contribution in [0.1, 0.15) is 65.0 Å². The minimum Gasteiger partial charge on any atom is -0.493 e. The van der Waals surface area contributed by atoms with Gasteiger partial charge in [0.1, 0.15) is 5.75 Å². The van der Waals surface area contributed by atoms with Crippen molar-refractivity contribution in [1.82, 2.24) is 0 Å². The van der Waals surface area contributed by atoms with E-state index in [1.54, 1.807) is 4.90 Å². The largest absolute Gasteiger partial charge is 0.493 e. The van der Waals surface area contributed by atoms with Gasteiger partial charge >= 0.3 is 0 Å². The van der Waals surface area contributed by atoms with Gasteiger partial charge in [0.25, 0.3) is 0 Å². The van der Waals surface area contributed by atoms with E-state index in [9.17, 15) is 9.59 Å². The van der Waals surface area contributed by atoms with Gasteiger partial charge in [0.15, 0.2) is 5.78 Å². The van der Waals surface area contributed by atoms with Gasteiger partial charge in [-0.3, -0.25) is 14.5 Å². The molecule has 0 bridgehead atoms. The SMILES string of the molecule is CCCOc1ccccc1[C@@H]1C2=C(CC(C)(C)CC2=O)Nc2ccccc2N1C(=O)CC. The summed E-state index contributed by atoms with van der Waals surface area (Å²) in [6, 6.07) is 15.1. The van der Waals surface area contributed by atoms with Crippen LogP contribution in [0.25, 0.3) is 0 Å². The monoisotopic (exact) mass is 432 g/mol. The van der Waals surface area contributed by atoms with Crippen molar-refractivity contribution in [3.63, 3.8) is 0 Å². The van der Waals surface area contributed by atoms with Crippen LogP contribution in [0.15, 0.2) is 59.8 Å². The number of hydrogen-bond donors (Lipinski definition) is 1. The van der Waals surface area contributed by atoms with Gasteiger partial charge in [-0.25, -0.2) is 0 Å². The summed E-state index contributed by atoms with van der Waals surface area (Å²) in [5, 5.41) is 3.54. The molecule has 0 radical (unpaired) electrons. The van der Waals surface area contributed by atoms with Gasteiger partial charge in [-0.05, 0) is 36.5 Å². The number of carbonyl (C=O) groups is 2. The fraction of sp³-hybridized carbons (Fsp3) is 0.407. The molecule has 1 heterocycles. The van der Waals surface area contributed by atoms with Crippen molar-refractivity contribution < 1.29 is 14.3 Å². The number of ketones is 1. The van der Waals surface area contributed by atoms with Crippen LogP contribution >= 0.6 is 0 Å². The Morgan fingerprint density at radius 1 is 1.09 bits per heavy atom. The highest BCUT2D eigenvalue weighted by Crippen LogP contribution is 2.49. The number of nitrogens with one attached hydrogen (secondary N) is 1. The molecule has 5 heteroatoms. The maximum Gasteiger partial charge on any atom is 0.227 e. The number of rotatable bonds is 5. The van der Waals surface area contributed by atoms with E-state index in [1.807, 2.05) is 55.5 Å². The van der Waals surface area contributed by atoms with Crippen molar-refractivity contribution in [3.05, 3.63) is 65.4 Å². The smallest absolute Gasteiger partial charge is 0.227 e. The van der Waals surface area contributed by atoms with Gasteiger partial charge in [0, 0.05) is 29.7 Å². The molecular formula is C27H32N2O3. The molecule has 1 amide bonds. The van der Waals surface area contributed by atoms with Crippen molar-refractivity contribution in [3.8, 4) is 5.75 Å². The summed E-state index contributed by atoms with van der Waals surface area (Å²) < 4.78 is 6.09. The molecular weight excluding hydrogens is 400 g/mol. The van der Waals surface area contributed by atoms with E-state index in [4.69, 9.17) is 4.74 Å². The van der Waals surface area contributed by atoms with Crippen molar-refractivity contribution >= 4 is 23.1 Å². The van der Waals surface area contributed by atoms with Gasteiger partial charge in [-0.15, -0.1) is 0 Å². The normalized spacial score (nSPS) is 19.6. The predicted molar refractivity (Wildman–Crippen MR) is 128 cm³/mol. The van der Waals surface area contributed by atoms with Crippen molar-refractivity contribution in [1.29, 1.82) is 0 Å². The summed E-state index contributed by atoms with van der Waals surface area (Å²) in [5.74, 6) is 0.777. The molecule has 1 atom stereocenters. The van der Waals surface area contributed by atoms with Crippen LogP contribution < -0.4 is 15.0 Å². The molecule has 2 aliphatic rings. The Balaban J connectivity index is 2.00. The van der Waals surface area contributed by atoms with Gasteiger partial charge in [-0.2, -0.15) is 0 Å². The highest BCUT2D eigenvalue weighted by molar-refractivity contribution is 6.06. The van der Waals surface area contributed by atoms with Crippen molar-refractivity contribution in [2.45, 2.75) is 59.4 Å². The van der Waals surface area contributed by atoms with E-state index < -0.39 is 6.04 Å². The summed E-state index contributed by atoms with van der Waals surface area (Å²) in [4.78, 5) is 28.9. The summed E-state index contributed by atoms with van der Waals surface area (Å²) in [6.07, 6.45) is 2.41. The third kappa shape index (κ3) is 4.04. The van der Waals surface area contributed by atoms with E-state index >= 15 is 0 Å². The zero-order chi connectivity index (χ0) is 22.9. The maximum atomic E-state index is 13.6. The number of nitrogens with zero attached hydrogens (tertiary/aromatic N) is 1. The lowest BCUT2D eigenvalue weighted by atomic mass is 9.73. The Bertz CT molecular complexity index is 1070. The van der Waals surface area contributed by atoms with Crippen LogP contribution in [-0.2, 0) is 9.59 Å². The lowest BCUT2D eigenvalue weighted by molar-refractivity contribution is -0.119. The number of allylic oxidation sites excluding steroid dienone is 1. The van der Waals surface area contributed by atoms with Gasteiger partial charge in [0.05, 0.1) is 24.0 Å². The summed E-state index contributed by atoms with van der Waals surface area (Å²) in [7, 11) is 0. The molecule has 2 aromatic carbocycles. The fourth-order valence-corrected chi connectivity index (χ4v) is 4.78. The number of ether oxygens (including phenoxy) is 1. The molecule has 1 aliphatic heterocycles.